The van der Waals surface area contributed by atoms with Crippen LogP contribution in [-0.4, -0.2) is 47.2 Å². The summed E-state index contributed by atoms with van der Waals surface area (Å²) in [5.41, 5.74) is 6.93. The van der Waals surface area contributed by atoms with Gasteiger partial charge in [0.2, 0.25) is 5.43 Å². The molecule has 0 aliphatic carbocycles. The van der Waals surface area contributed by atoms with Crippen molar-refractivity contribution >= 4 is 45.0 Å². The van der Waals surface area contributed by atoms with Crippen molar-refractivity contribution in [3.63, 3.8) is 0 Å². The molecule has 2 aliphatic rings. The van der Waals surface area contributed by atoms with Crippen LogP contribution >= 0.6 is 11.8 Å². The summed E-state index contributed by atoms with van der Waals surface area (Å²) in [4.78, 5) is 27.9. The highest BCUT2D eigenvalue weighted by atomic mass is 32.2. The summed E-state index contributed by atoms with van der Waals surface area (Å²) < 4.78 is 23.7. The van der Waals surface area contributed by atoms with Gasteiger partial charge >= 0.3 is 0 Å². The molecule has 1 saturated heterocycles. The number of benzene rings is 3. The third kappa shape index (κ3) is 5.15. The first-order valence-corrected chi connectivity index (χ1v) is 14.8. The summed E-state index contributed by atoms with van der Waals surface area (Å²) in [7, 11) is 0. The number of carbonyl (C=O) groups excluding carboxylic acids is 1. The van der Waals surface area contributed by atoms with E-state index in [4.69, 9.17) is 10.5 Å². The number of halogens is 1. The van der Waals surface area contributed by atoms with E-state index in [0.717, 1.165) is 22.4 Å². The van der Waals surface area contributed by atoms with Crippen LogP contribution in [0.5, 0.6) is 11.5 Å². The number of amides is 1. The summed E-state index contributed by atoms with van der Waals surface area (Å²) in [6.07, 6.45) is 2.27. The van der Waals surface area contributed by atoms with Crippen LogP contribution in [0.15, 0.2) is 53.5 Å². The number of ether oxygens (including phenoxy) is 1. The van der Waals surface area contributed by atoms with E-state index >= 15 is 4.39 Å². The number of hydrogen-bond acceptors (Lipinski definition) is 6. The largest absolute Gasteiger partial charge is 0.451 e. The molecule has 1 fully saturated rings. The molecule has 3 aromatic carbocycles. The van der Waals surface area contributed by atoms with Gasteiger partial charge in [-0.1, -0.05) is 45.0 Å². The van der Waals surface area contributed by atoms with Gasteiger partial charge in [-0.25, -0.2) is 4.39 Å². The number of thioether (sulfide) groups is 1. The van der Waals surface area contributed by atoms with Crippen LogP contribution in [0, 0.1) is 5.82 Å². The minimum absolute atomic E-state index is 0.0448. The van der Waals surface area contributed by atoms with E-state index < -0.39 is 17.2 Å². The first-order valence-electron chi connectivity index (χ1n) is 13.8. The Hall–Kier alpha value is -3.56. The molecule has 3 N–H and O–H groups in total. The van der Waals surface area contributed by atoms with E-state index in [9.17, 15) is 9.59 Å². The number of hydrogen-bond donors (Lipinski definition) is 2. The maximum absolute atomic E-state index is 15.6. The predicted octanol–water partition coefficient (Wildman–Crippen LogP) is 5.82. The van der Waals surface area contributed by atoms with Gasteiger partial charge in [0.05, 0.1) is 11.1 Å². The number of anilines is 1. The molecule has 0 bridgehead atoms. The molecule has 0 spiro atoms. The van der Waals surface area contributed by atoms with Crippen LogP contribution in [0.2, 0.25) is 0 Å². The van der Waals surface area contributed by atoms with E-state index in [2.05, 4.69) is 26.1 Å². The van der Waals surface area contributed by atoms with E-state index in [-0.39, 0.29) is 28.4 Å². The average Bonchev–Trinajstić information content (AvgIpc) is 3.34. The first kappa shape index (κ1) is 28.0. The zero-order valence-corrected chi connectivity index (χ0v) is 24.1. The van der Waals surface area contributed by atoms with Gasteiger partial charge in [0, 0.05) is 31.9 Å². The average molecular weight is 563 g/mol. The van der Waals surface area contributed by atoms with E-state index in [1.54, 1.807) is 11.5 Å². The molecule has 2 aliphatic heterocycles. The van der Waals surface area contributed by atoms with E-state index in [1.807, 2.05) is 53.1 Å². The van der Waals surface area contributed by atoms with Gasteiger partial charge in [-0.3, -0.25) is 9.59 Å². The van der Waals surface area contributed by atoms with Gasteiger partial charge in [0.1, 0.15) is 16.8 Å². The van der Waals surface area contributed by atoms with Crippen molar-refractivity contribution in [1.82, 2.24) is 9.88 Å². The number of rotatable bonds is 5. The van der Waals surface area contributed by atoms with Crippen LogP contribution in [-0.2, 0) is 0 Å². The molecule has 1 unspecified atom stereocenters. The smallest absolute Gasteiger partial charge is 0.256 e. The number of fused-ring (bicyclic) bond motifs is 3. The van der Waals surface area contributed by atoms with Crippen molar-refractivity contribution in [1.29, 1.82) is 0 Å². The molecule has 210 valence electrons. The van der Waals surface area contributed by atoms with Crippen molar-refractivity contribution < 1.29 is 13.9 Å². The second-order valence-corrected chi connectivity index (χ2v) is 12.2. The van der Waals surface area contributed by atoms with Crippen molar-refractivity contribution in [3.05, 3.63) is 70.3 Å². The molecule has 3 heterocycles. The third-order valence-electron chi connectivity index (χ3n) is 7.09. The summed E-state index contributed by atoms with van der Waals surface area (Å²) in [5.74, 6) is 0.971. The Morgan fingerprint density at radius 1 is 1.20 bits per heavy atom. The lowest BCUT2D eigenvalue weighted by Crippen LogP contribution is -2.31. The molecule has 9 heteroatoms. The summed E-state index contributed by atoms with van der Waals surface area (Å²) >= 11 is 1.99. The molecule has 6 rings (SSSR count). The fourth-order valence-electron chi connectivity index (χ4n) is 5.33. The second-order valence-electron chi connectivity index (χ2n) is 10.3. The highest BCUT2D eigenvalue weighted by Crippen LogP contribution is 2.48. The second kappa shape index (κ2) is 11.5. The Balaban J connectivity index is 0.000000487. The molecule has 1 atom stereocenters. The van der Waals surface area contributed by atoms with Gasteiger partial charge in [0.25, 0.3) is 5.91 Å². The topological polar surface area (TPSA) is 89.6 Å². The van der Waals surface area contributed by atoms with Gasteiger partial charge in [-0.15, -0.1) is 0 Å². The monoisotopic (exact) mass is 562 g/mol. The molecule has 1 amide bonds. The van der Waals surface area contributed by atoms with E-state index in [1.165, 1.54) is 18.0 Å². The zero-order valence-electron chi connectivity index (χ0n) is 23.3. The molecule has 4 aromatic rings. The summed E-state index contributed by atoms with van der Waals surface area (Å²) in [6, 6.07) is 12.8. The zero-order chi connectivity index (χ0) is 28.6. The van der Waals surface area contributed by atoms with Crippen LogP contribution in [0.1, 0.15) is 44.5 Å². The summed E-state index contributed by atoms with van der Waals surface area (Å²) in [5, 5.41) is 5.54. The SMILES string of the molecule is CCNC(=O)c1cn2c3c(c(N4CCC(N)C4)c(F)cc3c1=O)Oc1cc3ccccc3cc1-2.CCSC(C)C. The number of pyridine rings is 1. The maximum atomic E-state index is 15.6. The van der Waals surface area contributed by atoms with Crippen LogP contribution in [0.25, 0.3) is 27.4 Å². The van der Waals surface area contributed by atoms with Crippen molar-refractivity contribution in [2.75, 3.05) is 30.3 Å². The Morgan fingerprint density at radius 2 is 1.93 bits per heavy atom. The first-order chi connectivity index (χ1) is 19.2. The van der Waals surface area contributed by atoms with Crippen molar-refractivity contribution in [3.8, 4) is 17.2 Å². The third-order valence-corrected chi connectivity index (χ3v) is 8.09. The van der Waals surface area contributed by atoms with Gasteiger partial charge in [-0.2, -0.15) is 11.8 Å². The maximum Gasteiger partial charge on any atom is 0.256 e. The number of nitrogens with zero attached hydrogens (tertiary/aromatic N) is 2. The fraction of sp³-hybridized carbons (Fsp3) is 0.355. The van der Waals surface area contributed by atoms with Crippen molar-refractivity contribution in [2.45, 2.75) is 45.4 Å². The molecule has 0 radical (unpaired) electrons. The van der Waals surface area contributed by atoms with Gasteiger partial charge in [-0.05, 0) is 53.3 Å². The Kier molecular flexibility index (Phi) is 8.05. The lowest BCUT2D eigenvalue weighted by molar-refractivity contribution is 0.0954. The predicted molar refractivity (Wildman–Crippen MR) is 163 cm³/mol. The Labute approximate surface area is 237 Å². The minimum atomic E-state index is -0.572. The van der Waals surface area contributed by atoms with Gasteiger partial charge < -0.3 is 25.3 Å². The highest BCUT2D eigenvalue weighted by molar-refractivity contribution is 7.99. The number of nitrogens with two attached hydrogens (primary N) is 1. The molecular formula is C31H35FN4O3S. The molecular weight excluding hydrogens is 527 g/mol. The van der Waals surface area contributed by atoms with Crippen LogP contribution in [0.4, 0.5) is 10.1 Å². The highest BCUT2D eigenvalue weighted by Gasteiger charge is 2.32. The Morgan fingerprint density at radius 3 is 2.52 bits per heavy atom. The molecule has 1 aromatic heterocycles. The van der Waals surface area contributed by atoms with Crippen molar-refractivity contribution in [2.24, 2.45) is 5.73 Å². The fourth-order valence-corrected chi connectivity index (χ4v) is 5.99. The molecule has 7 nitrogen and oxygen atoms in total. The molecule has 40 heavy (non-hydrogen) atoms. The summed E-state index contributed by atoms with van der Waals surface area (Å²) in [6.45, 7) is 9.85. The lowest BCUT2D eigenvalue weighted by Gasteiger charge is -2.29. The number of aromatic nitrogens is 1. The quantitative estimate of drug-likeness (QED) is 0.281. The normalized spacial score (nSPS) is 15.6. The minimum Gasteiger partial charge on any atom is -0.451 e. The standard InChI is InChI=1S/C26H23FN4O3.C5H12S/c1-2-29-26(33)18-13-31-20-9-14-5-3-4-6-15(14)10-21(20)34-25-22(31)17(24(18)32)11-19(27)23(25)30-8-7-16(28)12-30;1-4-6-5(2)3/h3-6,9-11,13,16H,2,7-8,12,28H2,1H3,(H,29,33);5H,4H2,1-3H3. The lowest BCUT2D eigenvalue weighted by atomic mass is 10.0. The van der Waals surface area contributed by atoms with Gasteiger partial charge in [0.15, 0.2) is 17.3 Å². The van der Waals surface area contributed by atoms with Crippen LogP contribution < -0.4 is 26.1 Å². The van der Waals surface area contributed by atoms with E-state index in [0.29, 0.717) is 36.6 Å². The number of carbonyl (C=O) groups is 1. The van der Waals surface area contributed by atoms with Crippen LogP contribution in [0.3, 0.4) is 0 Å². The Bertz CT molecular complexity index is 1650. The molecule has 0 saturated carbocycles. The number of nitrogens with one attached hydrogen (secondary N) is 1.